The van der Waals surface area contributed by atoms with Crippen LogP contribution in [0.25, 0.3) is 0 Å². The van der Waals surface area contributed by atoms with Gasteiger partial charge in [0.05, 0.1) is 24.5 Å². The third kappa shape index (κ3) is 3.59. The first-order valence-corrected chi connectivity index (χ1v) is 6.95. The average Bonchev–Trinajstić information content (AvgIpc) is 2.91. The molecule has 6 heteroatoms. The standard InChI is InChI=1S/C15H21N3O3/c1-4-12-5-13(21-17-12)7-18(3)8-14-11(9-19)6-16-10(2)15(14)20/h5-6,19-20H,4,7-9H2,1-3H3. The molecule has 0 spiro atoms. The van der Waals surface area contributed by atoms with Gasteiger partial charge in [-0.05, 0) is 20.4 Å². The maximum Gasteiger partial charge on any atom is 0.150 e. The number of aromatic hydroxyl groups is 1. The van der Waals surface area contributed by atoms with E-state index in [2.05, 4.69) is 10.1 Å². The van der Waals surface area contributed by atoms with Gasteiger partial charge in [-0.25, -0.2) is 0 Å². The molecule has 0 aliphatic carbocycles. The van der Waals surface area contributed by atoms with Crippen molar-refractivity contribution in [2.45, 2.75) is 40.0 Å². The number of aromatic nitrogens is 2. The molecule has 0 unspecified atom stereocenters. The van der Waals surface area contributed by atoms with Gasteiger partial charge >= 0.3 is 0 Å². The molecule has 0 fully saturated rings. The number of aliphatic hydroxyl groups is 1. The van der Waals surface area contributed by atoms with E-state index in [0.29, 0.717) is 29.9 Å². The summed E-state index contributed by atoms with van der Waals surface area (Å²) < 4.78 is 5.26. The van der Waals surface area contributed by atoms with E-state index in [0.717, 1.165) is 17.9 Å². The van der Waals surface area contributed by atoms with Crippen LogP contribution in [0.1, 0.15) is 35.2 Å². The summed E-state index contributed by atoms with van der Waals surface area (Å²) in [6.07, 6.45) is 2.44. The second-order valence-electron chi connectivity index (χ2n) is 5.16. The van der Waals surface area contributed by atoms with Crippen molar-refractivity contribution in [2.24, 2.45) is 0 Å². The summed E-state index contributed by atoms with van der Waals surface area (Å²) in [5.41, 5.74) is 2.82. The van der Waals surface area contributed by atoms with E-state index in [1.807, 2.05) is 24.9 Å². The predicted octanol–water partition coefficient (Wildman–Crippen LogP) is 1.77. The minimum atomic E-state index is -0.147. The molecule has 2 aromatic heterocycles. The molecular weight excluding hydrogens is 270 g/mol. The number of aliphatic hydroxyl groups excluding tert-OH is 1. The van der Waals surface area contributed by atoms with E-state index < -0.39 is 0 Å². The largest absolute Gasteiger partial charge is 0.506 e. The first kappa shape index (κ1) is 15.5. The van der Waals surface area contributed by atoms with Crippen molar-refractivity contribution >= 4 is 0 Å². The zero-order valence-corrected chi connectivity index (χ0v) is 12.6. The summed E-state index contributed by atoms with van der Waals surface area (Å²) in [6.45, 7) is 4.69. The number of hydrogen-bond donors (Lipinski definition) is 2. The molecule has 2 rings (SSSR count). The highest BCUT2D eigenvalue weighted by molar-refractivity contribution is 5.40. The quantitative estimate of drug-likeness (QED) is 0.844. The summed E-state index contributed by atoms with van der Waals surface area (Å²) in [4.78, 5) is 6.05. The molecule has 0 amide bonds. The SMILES string of the molecule is CCc1cc(CN(C)Cc2c(CO)cnc(C)c2O)on1. The minimum Gasteiger partial charge on any atom is -0.506 e. The lowest BCUT2D eigenvalue weighted by molar-refractivity contribution is 0.253. The van der Waals surface area contributed by atoms with E-state index in [1.54, 1.807) is 13.1 Å². The topological polar surface area (TPSA) is 82.6 Å². The third-order valence-electron chi connectivity index (χ3n) is 3.42. The fourth-order valence-corrected chi connectivity index (χ4v) is 2.19. The second kappa shape index (κ2) is 6.69. The van der Waals surface area contributed by atoms with Crippen molar-refractivity contribution < 1.29 is 14.7 Å². The van der Waals surface area contributed by atoms with Gasteiger partial charge in [0.2, 0.25) is 0 Å². The summed E-state index contributed by atoms with van der Waals surface area (Å²) >= 11 is 0. The van der Waals surface area contributed by atoms with Crippen LogP contribution in [0, 0.1) is 6.92 Å². The third-order valence-corrected chi connectivity index (χ3v) is 3.42. The molecular formula is C15H21N3O3. The summed E-state index contributed by atoms with van der Waals surface area (Å²) in [7, 11) is 1.92. The molecule has 0 saturated carbocycles. The molecule has 21 heavy (non-hydrogen) atoms. The molecule has 2 aromatic rings. The van der Waals surface area contributed by atoms with Crippen molar-refractivity contribution in [3.63, 3.8) is 0 Å². The molecule has 2 N–H and O–H groups in total. The van der Waals surface area contributed by atoms with Crippen molar-refractivity contribution in [3.05, 3.63) is 40.5 Å². The Kier molecular flexibility index (Phi) is 4.93. The smallest absolute Gasteiger partial charge is 0.150 e. The van der Waals surface area contributed by atoms with Gasteiger partial charge in [-0.3, -0.25) is 9.88 Å². The van der Waals surface area contributed by atoms with Crippen molar-refractivity contribution in [1.82, 2.24) is 15.0 Å². The predicted molar refractivity (Wildman–Crippen MR) is 77.6 cm³/mol. The number of nitrogens with zero attached hydrogens (tertiary/aromatic N) is 3. The van der Waals surface area contributed by atoms with Crippen LogP contribution in [-0.4, -0.2) is 32.3 Å². The molecule has 2 heterocycles. The number of hydrogen-bond acceptors (Lipinski definition) is 6. The van der Waals surface area contributed by atoms with E-state index in [4.69, 9.17) is 4.52 Å². The normalized spacial score (nSPS) is 11.3. The summed E-state index contributed by atoms with van der Waals surface area (Å²) in [6, 6.07) is 1.93. The van der Waals surface area contributed by atoms with Crippen LogP contribution in [0.3, 0.4) is 0 Å². The van der Waals surface area contributed by atoms with Crippen LogP contribution in [0.15, 0.2) is 16.8 Å². The lowest BCUT2D eigenvalue weighted by Crippen LogP contribution is -2.18. The van der Waals surface area contributed by atoms with Crippen LogP contribution in [-0.2, 0) is 26.1 Å². The lowest BCUT2D eigenvalue weighted by atomic mass is 10.1. The Labute approximate surface area is 124 Å². The molecule has 0 aromatic carbocycles. The molecule has 0 bridgehead atoms. The van der Waals surface area contributed by atoms with Gasteiger partial charge in [0.25, 0.3) is 0 Å². The summed E-state index contributed by atoms with van der Waals surface area (Å²) in [5.74, 6) is 0.922. The molecule has 0 radical (unpaired) electrons. The van der Waals surface area contributed by atoms with Crippen LogP contribution in [0.2, 0.25) is 0 Å². The highest BCUT2D eigenvalue weighted by atomic mass is 16.5. The molecule has 6 nitrogen and oxygen atoms in total. The molecule has 0 atom stereocenters. The van der Waals surface area contributed by atoms with Gasteiger partial charge < -0.3 is 14.7 Å². The van der Waals surface area contributed by atoms with Crippen molar-refractivity contribution in [1.29, 1.82) is 0 Å². The van der Waals surface area contributed by atoms with Gasteiger partial charge in [0.1, 0.15) is 5.75 Å². The van der Waals surface area contributed by atoms with E-state index in [-0.39, 0.29) is 12.4 Å². The first-order chi connectivity index (χ1) is 10.0. The van der Waals surface area contributed by atoms with E-state index in [1.165, 1.54) is 0 Å². The fraction of sp³-hybridized carbons (Fsp3) is 0.467. The number of aryl methyl sites for hydroxylation is 2. The molecule has 0 aliphatic rings. The molecule has 0 saturated heterocycles. The van der Waals surface area contributed by atoms with Gasteiger partial charge in [-0.1, -0.05) is 12.1 Å². The van der Waals surface area contributed by atoms with Gasteiger partial charge in [0, 0.05) is 29.9 Å². The lowest BCUT2D eigenvalue weighted by Gasteiger charge is -2.18. The van der Waals surface area contributed by atoms with E-state index >= 15 is 0 Å². The first-order valence-electron chi connectivity index (χ1n) is 6.95. The van der Waals surface area contributed by atoms with Crippen LogP contribution in [0.4, 0.5) is 0 Å². The average molecular weight is 291 g/mol. The Hall–Kier alpha value is -1.92. The zero-order valence-electron chi connectivity index (χ0n) is 12.6. The Balaban J connectivity index is 2.12. The number of rotatable bonds is 6. The van der Waals surface area contributed by atoms with Crippen molar-refractivity contribution in [2.75, 3.05) is 7.05 Å². The highest BCUT2D eigenvalue weighted by Crippen LogP contribution is 2.25. The van der Waals surface area contributed by atoms with Gasteiger partial charge in [-0.2, -0.15) is 0 Å². The minimum absolute atomic E-state index is 0.139. The Morgan fingerprint density at radius 1 is 1.33 bits per heavy atom. The van der Waals surface area contributed by atoms with Crippen LogP contribution < -0.4 is 0 Å². The second-order valence-corrected chi connectivity index (χ2v) is 5.16. The number of pyridine rings is 1. The van der Waals surface area contributed by atoms with Gasteiger partial charge in [-0.15, -0.1) is 0 Å². The molecule has 114 valence electrons. The Bertz CT molecular complexity index is 610. The van der Waals surface area contributed by atoms with Crippen LogP contribution in [0.5, 0.6) is 5.75 Å². The van der Waals surface area contributed by atoms with Crippen molar-refractivity contribution in [3.8, 4) is 5.75 Å². The molecule has 0 aliphatic heterocycles. The zero-order chi connectivity index (χ0) is 15.4. The monoisotopic (exact) mass is 291 g/mol. The maximum absolute atomic E-state index is 10.1. The Morgan fingerprint density at radius 2 is 2.10 bits per heavy atom. The summed E-state index contributed by atoms with van der Waals surface area (Å²) in [5, 5.41) is 23.5. The van der Waals surface area contributed by atoms with E-state index in [9.17, 15) is 10.2 Å². The highest BCUT2D eigenvalue weighted by Gasteiger charge is 2.14. The van der Waals surface area contributed by atoms with Crippen LogP contribution >= 0.6 is 0 Å². The fourth-order valence-electron chi connectivity index (χ4n) is 2.19. The van der Waals surface area contributed by atoms with Gasteiger partial charge in [0.15, 0.2) is 5.76 Å². The Morgan fingerprint density at radius 3 is 2.71 bits per heavy atom. The maximum atomic E-state index is 10.1.